The van der Waals surface area contributed by atoms with Crippen LogP contribution in [-0.2, 0) is 0 Å². The molecule has 0 aromatic heterocycles. The van der Waals surface area contributed by atoms with E-state index in [1.807, 2.05) is 0 Å². The van der Waals surface area contributed by atoms with Crippen LogP contribution < -0.4 is 11.5 Å². The number of nitrogens with two attached hydrogens (primary N) is 2. The molecule has 0 spiro atoms. The highest BCUT2D eigenvalue weighted by Crippen LogP contribution is 2.43. The van der Waals surface area contributed by atoms with E-state index in [2.05, 4.69) is 0 Å². The summed E-state index contributed by atoms with van der Waals surface area (Å²) in [6.07, 6.45) is 0.785. The van der Waals surface area contributed by atoms with Gasteiger partial charge in [0, 0.05) is 11.6 Å². The van der Waals surface area contributed by atoms with Crippen molar-refractivity contribution in [1.29, 1.82) is 0 Å². The van der Waals surface area contributed by atoms with Crippen molar-refractivity contribution < 1.29 is 13.2 Å². The monoisotopic (exact) mass is 254 g/mol. The minimum absolute atomic E-state index is 0.417. The maximum atomic E-state index is 13.1. The van der Waals surface area contributed by atoms with Crippen LogP contribution in [0.3, 0.4) is 0 Å². The van der Waals surface area contributed by atoms with Crippen LogP contribution in [0.15, 0.2) is 48.6 Å². The molecule has 2 nitrogen and oxygen atoms in total. The molecule has 0 saturated carbocycles. The fourth-order valence-electron chi connectivity index (χ4n) is 2.06. The maximum absolute atomic E-state index is 13.1. The van der Waals surface area contributed by atoms with Crippen molar-refractivity contribution in [1.82, 2.24) is 0 Å². The minimum atomic E-state index is -4.52. The number of allylic oxidation sites excluding steroid dienone is 2. The highest BCUT2D eigenvalue weighted by molar-refractivity contribution is 5.46. The second-order valence-electron chi connectivity index (χ2n) is 4.32. The van der Waals surface area contributed by atoms with Gasteiger partial charge in [0.15, 0.2) is 0 Å². The first-order valence-corrected chi connectivity index (χ1v) is 5.42. The lowest BCUT2D eigenvalue weighted by Gasteiger charge is -2.37. The zero-order valence-corrected chi connectivity index (χ0v) is 9.48. The third-order valence-electron chi connectivity index (χ3n) is 3.06. The van der Waals surface area contributed by atoms with Crippen LogP contribution in [0, 0.1) is 0 Å². The zero-order valence-electron chi connectivity index (χ0n) is 9.48. The van der Waals surface area contributed by atoms with Crippen molar-refractivity contribution in [3.05, 3.63) is 54.1 Å². The number of alkyl halides is 3. The van der Waals surface area contributed by atoms with Crippen molar-refractivity contribution in [3.63, 3.8) is 0 Å². The van der Waals surface area contributed by atoms with Crippen LogP contribution in [0.1, 0.15) is 11.5 Å². The third-order valence-corrected chi connectivity index (χ3v) is 3.06. The molecule has 2 unspecified atom stereocenters. The van der Waals surface area contributed by atoms with E-state index >= 15 is 0 Å². The number of hydrogen-bond acceptors (Lipinski definition) is 2. The van der Waals surface area contributed by atoms with Crippen molar-refractivity contribution in [2.24, 2.45) is 5.73 Å². The van der Waals surface area contributed by atoms with Gasteiger partial charge >= 0.3 is 6.18 Å². The molecule has 18 heavy (non-hydrogen) atoms. The van der Waals surface area contributed by atoms with Gasteiger partial charge in [0.05, 0.1) is 0 Å². The number of anilines is 1. The summed E-state index contributed by atoms with van der Waals surface area (Å²) in [5, 5.41) is 0. The summed E-state index contributed by atoms with van der Waals surface area (Å²) in [4.78, 5) is 0. The van der Waals surface area contributed by atoms with E-state index < -0.39 is 17.6 Å². The Labute approximate surface area is 103 Å². The summed E-state index contributed by atoms with van der Waals surface area (Å²) in [7, 11) is 0. The highest BCUT2D eigenvalue weighted by Gasteiger charge is 2.55. The molecule has 0 saturated heterocycles. The molecule has 0 fully saturated rings. The Balaban J connectivity index is 2.48. The molecule has 4 N–H and O–H groups in total. The minimum Gasteiger partial charge on any atom is -0.399 e. The molecule has 0 heterocycles. The Morgan fingerprint density at radius 3 is 2.50 bits per heavy atom. The van der Waals surface area contributed by atoms with Crippen LogP contribution in [-0.4, -0.2) is 11.7 Å². The standard InChI is InChI=1S/C13H13F3N2/c14-13(15,16)12(18)7-2-1-6-11(12)9-4-3-5-10(17)8-9/h1-8,11H,17-18H2. The first-order valence-electron chi connectivity index (χ1n) is 5.42. The van der Waals surface area contributed by atoms with E-state index in [-0.39, 0.29) is 0 Å². The van der Waals surface area contributed by atoms with E-state index in [9.17, 15) is 13.2 Å². The Kier molecular flexibility index (Phi) is 2.94. The fourth-order valence-corrected chi connectivity index (χ4v) is 2.06. The van der Waals surface area contributed by atoms with Crippen LogP contribution in [0.4, 0.5) is 18.9 Å². The predicted octanol–water partition coefficient (Wildman–Crippen LogP) is 2.74. The number of rotatable bonds is 1. The lowest BCUT2D eigenvalue weighted by molar-refractivity contribution is -0.175. The Morgan fingerprint density at radius 1 is 1.17 bits per heavy atom. The quantitative estimate of drug-likeness (QED) is 0.757. The van der Waals surface area contributed by atoms with Gasteiger partial charge < -0.3 is 11.5 Å². The highest BCUT2D eigenvalue weighted by atomic mass is 19.4. The van der Waals surface area contributed by atoms with Crippen LogP contribution in [0.2, 0.25) is 0 Å². The summed E-state index contributed by atoms with van der Waals surface area (Å²) >= 11 is 0. The Hall–Kier alpha value is -1.75. The van der Waals surface area contributed by atoms with Crippen molar-refractivity contribution in [3.8, 4) is 0 Å². The molecule has 96 valence electrons. The summed E-state index contributed by atoms with van der Waals surface area (Å²) in [6.45, 7) is 0. The molecule has 5 heteroatoms. The molecule has 2 atom stereocenters. The lowest BCUT2D eigenvalue weighted by atomic mass is 9.76. The molecule has 0 amide bonds. The number of nitrogen functional groups attached to an aromatic ring is 1. The molecule has 0 aliphatic heterocycles. The topological polar surface area (TPSA) is 52.0 Å². The number of halogens is 3. The van der Waals surface area contributed by atoms with Crippen LogP contribution in [0.5, 0.6) is 0 Å². The van der Waals surface area contributed by atoms with Gasteiger partial charge in [0.2, 0.25) is 0 Å². The van der Waals surface area contributed by atoms with E-state index in [0.717, 1.165) is 6.08 Å². The largest absolute Gasteiger partial charge is 0.410 e. The van der Waals surface area contributed by atoms with Gasteiger partial charge in [-0.2, -0.15) is 13.2 Å². The van der Waals surface area contributed by atoms with Gasteiger partial charge in [0.25, 0.3) is 0 Å². The first-order chi connectivity index (χ1) is 8.34. The molecular weight excluding hydrogens is 241 g/mol. The third kappa shape index (κ3) is 2.01. The van der Waals surface area contributed by atoms with E-state index in [1.54, 1.807) is 24.3 Å². The Bertz CT molecular complexity index is 505. The van der Waals surface area contributed by atoms with Gasteiger partial charge in [-0.05, 0) is 17.7 Å². The Morgan fingerprint density at radius 2 is 1.89 bits per heavy atom. The van der Waals surface area contributed by atoms with Crippen molar-refractivity contribution >= 4 is 5.69 Å². The molecule has 1 aromatic rings. The molecule has 0 radical (unpaired) electrons. The van der Waals surface area contributed by atoms with E-state index in [4.69, 9.17) is 11.5 Å². The van der Waals surface area contributed by atoms with Gasteiger partial charge in [-0.1, -0.05) is 36.4 Å². The van der Waals surface area contributed by atoms with Crippen LogP contribution in [0.25, 0.3) is 0 Å². The van der Waals surface area contributed by atoms with Gasteiger partial charge in [-0.3, -0.25) is 0 Å². The second-order valence-corrected chi connectivity index (χ2v) is 4.32. The molecule has 2 rings (SSSR count). The maximum Gasteiger partial charge on any atom is 0.410 e. The molecule has 0 bridgehead atoms. The number of hydrogen-bond donors (Lipinski definition) is 2. The first kappa shape index (κ1) is 12.7. The zero-order chi connectivity index (χ0) is 13.4. The van der Waals surface area contributed by atoms with E-state index in [0.29, 0.717) is 11.3 Å². The van der Waals surface area contributed by atoms with Gasteiger partial charge in [-0.15, -0.1) is 0 Å². The molecular formula is C13H13F3N2. The average molecular weight is 254 g/mol. The summed E-state index contributed by atoms with van der Waals surface area (Å²) in [5.41, 5.74) is 9.63. The van der Waals surface area contributed by atoms with Crippen LogP contribution >= 0.6 is 0 Å². The summed E-state index contributed by atoms with van der Waals surface area (Å²) < 4.78 is 39.4. The van der Waals surface area contributed by atoms with Crippen molar-refractivity contribution in [2.75, 3.05) is 5.73 Å². The second kappa shape index (κ2) is 4.17. The fraction of sp³-hybridized carbons (Fsp3) is 0.231. The smallest absolute Gasteiger partial charge is 0.399 e. The van der Waals surface area contributed by atoms with E-state index in [1.165, 1.54) is 18.2 Å². The normalized spacial score (nSPS) is 27.4. The van der Waals surface area contributed by atoms with Gasteiger partial charge in [-0.25, -0.2) is 0 Å². The predicted molar refractivity (Wildman–Crippen MR) is 64.8 cm³/mol. The van der Waals surface area contributed by atoms with Gasteiger partial charge in [0.1, 0.15) is 5.54 Å². The number of benzene rings is 1. The molecule has 1 aliphatic rings. The SMILES string of the molecule is Nc1cccc(C2C=CC=CC2(N)C(F)(F)F)c1. The summed E-state index contributed by atoms with van der Waals surface area (Å²) in [6, 6.07) is 6.35. The molecule has 1 aromatic carbocycles. The average Bonchev–Trinajstić information content (AvgIpc) is 2.28. The molecule has 1 aliphatic carbocycles. The summed E-state index contributed by atoms with van der Waals surface area (Å²) in [5.74, 6) is -0.967. The lowest BCUT2D eigenvalue weighted by Crippen LogP contribution is -2.56. The van der Waals surface area contributed by atoms with Crippen molar-refractivity contribution in [2.45, 2.75) is 17.6 Å².